The Labute approximate surface area is 537 Å². The van der Waals surface area contributed by atoms with Gasteiger partial charge in [0.2, 0.25) is 0 Å². The maximum atomic E-state index is 5.56. The molecule has 0 aromatic heterocycles. The van der Waals surface area contributed by atoms with Crippen LogP contribution in [0.15, 0.2) is 103 Å². The summed E-state index contributed by atoms with van der Waals surface area (Å²) in [4.78, 5) is 21.4. The number of benzene rings is 5. The first-order valence-corrected chi connectivity index (χ1v) is 76.8. The van der Waals surface area contributed by atoms with Gasteiger partial charge in [-0.05, 0) is 0 Å². The molecule has 84 heavy (non-hydrogen) atoms. The average Bonchev–Trinajstić information content (AvgIpc) is 3.20. The molecule has 0 heterocycles. The molecule has 0 N–H and O–H groups in total. The van der Waals surface area contributed by atoms with Crippen LogP contribution in [0.3, 0.4) is 0 Å². The summed E-state index contributed by atoms with van der Waals surface area (Å²) in [6, 6.07) is 36.3. The van der Waals surface area contributed by atoms with Crippen molar-refractivity contribution in [3.05, 3.63) is 103 Å². The molecule has 0 aliphatic heterocycles. The number of ether oxygens (including phenoxy) is 8. The van der Waals surface area contributed by atoms with Gasteiger partial charge in [-0.1, -0.05) is 0 Å². The third-order valence-electron chi connectivity index (χ3n) is 16.0. The Kier molecular flexibility index (Phi) is 41.4. The van der Waals surface area contributed by atoms with E-state index in [1.54, 1.807) is 64.0 Å². The molecule has 474 valence electrons. The first-order chi connectivity index (χ1) is 39.9. The van der Waals surface area contributed by atoms with Crippen LogP contribution in [0.1, 0.15) is 119 Å². The third kappa shape index (κ3) is 28.5. The predicted molar refractivity (Wildman–Crippen MR) is 383 cm³/mol. The fourth-order valence-corrected chi connectivity index (χ4v) is 55.7. The van der Waals surface area contributed by atoms with E-state index in [9.17, 15) is 0 Å². The second-order valence-corrected chi connectivity index (χ2v) is 95.2. The van der Waals surface area contributed by atoms with Gasteiger partial charge in [0.25, 0.3) is 0 Å². The van der Waals surface area contributed by atoms with Crippen molar-refractivity contribution < 1.29 is 37.9 Å². The summed E-state index contributed by atoms with van der Waals surface area (Å²) >= 11 is -10.7. The molecular weight excluding hydrogens is 1570 g/mol. The van der Waals surface area contributed by atoms with Crippen molar-refractivity contribution in [2.45, 2.75) is 190 Å². The zero-order valence-electron chi connectivity index (χ0n) is 57.8. The number of methoxy groups -OCH3 is 8. The zero-order valence-corrected chi connectivity index (χ0v) is 72.1. The summed E-state index contributed by atoms with van der Waals surface area (Å²) in [5.74, 6) is 7.82. The first-order valence-electron chi connectivity index (χ1n) is 31.9. The number of hydrogen-bond acceptors (Lipinski definition) is 8. The van der Waals surface area contributed by atoms with Gasteiger partial charge in [-0.15, -0.1) is 0 Å². The van der Waals surface area contributed by atoms with Crippen LogP contribution in [0.2, 0.25) is 71.1 Å². The van der Waals surface area contributed by atoms with Crippen LogP contribution in [0.5, 0.6) is 46.0 Å². The van der Waals surface area contributed by atoms with Gasteiger partial charge in [0.1, 0.15) is 0 Å². The third-order valence-corrected chi connectivity index (χ3v) is 64.5. The molecule has 5 rings (SSSR count). The Balaban J connectivity index is 0.000000536. The molecule has 0 aliphatic rings. The van der Waals surface area contributed by atoms with Crippen LogP contribution >= 0.6 is 0 Å². The van der Waals surface area contributed by atoms with Crippen molar-refractivity contribution in [2.24, 2.45) is 0 Å². The van der Waals surface area contributed by atoms with E-state index in [0.717, 1.165) is 46.0 Å². The SMILES string of the molecule is CCC[CH2][Sn]([CH2]CCC)([CH2]CCC)[c]1cc(OC)cc(OC)c1.CCC[CH2][Sn]([CH2]CCC)([CH2]CCC)[c]1cccc(OC)c1.COc1cc[c]([Sn]([CH3])([CH3])[CH3])c(OC)c1.COc1ccc(OC)[c]([Sn]([CH3])([CH3])[CH3])c1.COc1cccc[c]1[Sn]([CH3])([CH3])[CH3]. The Morgan fingerprint density at radius 3 is 0.964 bits per heavy atom. The maximum absolute atomic E-state index is 5.56. The standard InChI is InChI=1S/3C8H9O2.2C7H7O.6C4H9.9CH3.5Sn/c1-9-7-3-5-8(10-2)6-4-7;2*1-9-7-4-3-5-8(6-7)10-2;2*1-8-7-5-3-2-4-6-7;6*1-3-4-2;;;;;;;;;;;;;;/h3-5H,1-2H3;4-6H,1-2H3;3-4,6H,1-2H3;2-3,5-6H,1H3;2-5H,1H3;6*1,3-4H2,2H3;9*1H3;;;;;. The van der Waals surface area contributed by atoms with Crippen molar-refractivity contribution in [1.29, 1.82) is 0 Å². The molecule has 0 atom stereocenters. The number of hydrogen-bond donors (Lipinski definition) is 0. The van der Waals surface area contributed by atoms with E-state index in [1.807, 2.05) is 36.4 Å². The minimum atomic E-state index is -2.39. The van der Waals surface area contributed by atoms with Gasteiger partial charge in [0.05, 0.1) is 0 Å². The summed E-state index contributed by atoms with van der Waals surface area (Å²) in [5, 5.41) is 0. The summed E-state index contributed by atoms with van der Waals surface area (Å²) in [6.45, 7) is 14.0. The topological polar surface area (TPSA) is 73.8 Å². The fourth-order valence-electron chi connectivity index (χ4n) is 10.9. The summed E-state index contributed by atoms with van der Waals surface area (Å²) in [7, 11) is 13.9. The van der Waals surface area contributed by atoms with Crippen LogP contribution < -0.4 is 55.8 Å². The molecule has 5 aromatic carbocycles. The van der Waals surface area contributed by atoms with Crippen molar-refractivity contribution >= 4 is 110 Å². The molecule has 0 aliphatic carbocycles. The zero-order chi connectivity index (χ0) is 63.4. The average molecular weight is 1700 g/mol. The van der Waals surface area contributed by atoms with Gasteiger partial charge in [0, 0.05) is 0 Å². The molecule has 0 saturated heterocycles. The molecule has 0 fully saturated rings. The van der Waals surface area contributed by atoms with Gasteiger partial charge in [-0.2, -0.15) is 0 Å². The van der Waals surface area contributed by atoms with Crippen LogP contribution in [-0.4, -0.2) is 149 Å². The van der Waals surface area contributed by atoms with Gasteiger partial charge >= 0.3 is 543 Å². The van der Waals surface area contributed by atoms with Crippen LogP contribution in [0.25, 0.3) is 0 Å². The van der Waals surface area contributed by atoms with E-state index >= 15 is 0 Å². The van der Waals surface area contributed by atoms with E-state index in [-0.39, 0.29) is 0 Å². The molecule has 13 heteroatoms. The molecule has 0 amide bonds. The molecule has 5 aromatic rings. The Bertz CT molecular complexity index is 2470. The molecule has 8 nitrogen and oxygen atoms in total. The normalized spacial score (nSPS) is 11.4. The van der Waals surface area contributed by atoms with E-state index in [2.05, 4.69) is 153 Å². The summed E-state index contributed by atoms with van der Waals surface area (Å²) < 4.78 is 59.7. The molecule has 0 unspecified atom stereocenters. The Morgan fingerprint density at radius 1 is 0.262 bits per heavy atom. The summed E-state index contributed by atoms with van der Waals surface area (Å²) in [5.41, 5.74) is 0. The first kappa shape index (κ1) is 80.5. The van der Waals surface area contributed by atoms with Crippen molar-refractivity contribution in [3.8, 4) is 46.0 Å². The van der Waals surface area contributed by atoms with Crippen molar-refractivity contribution in [2.75, 3.05) is 56.9 Å². The number of para-hydroxylation sites is 1. The quantitative estimate of drug-likeness (QED) is 0.0407. The molecular formula is C71H122O8Sn5. The Hall–Kier alpha value is -1.51. The fraction of sp³-hybridized carbons (Fsp3) is 0.577. The monoisotopic (exact) mass is 1700 g/mol. The molecule has 0 saturated carbocycles. The predicted octanol–water partition coefficient (Wildman–Crippen LogP) is 18.2. The van der Waals surface area contributed by atoms with E-state index < -0.39 is 91.9 Å². The van der Waals surface area contributed by atoms with E-state index in [0.29, 0.717) is 0 Å². The van der Waals surface area contributed by atoms with Crippen LogP contribution in [0, 0.1) is 0 Å². The number of rotatable bonds is 31. The van der Waals surface area contributed by atoms with Crippen molar-refractivity contribution in [1.82, 2.24) is 0 Å². The second-order valence-electron chi connectivity index (χ2n) is 25.6. The Morgan fingerprint density at radius 2 is 0.595 bits per heavy atom. The van der Waals surface area contributed by atoms with Crippen LogP contribution in [0.4, 0.5) is 0 Å². The molecule has 0 spiro atoms. The van der Waals surface area contributed by atoms with Gasteiger partial charge in [-0.3, -0.25) is 0 Å². The van der Waals surface area contributed by atoms with Crippen LogP contribution in [-0.2, 0) is 0 Å². The number of unbranched alkanes of at least 4 members (excludes halogenated alkanes) is 6. The minimum absolute atomic E-state index is 0.862. The van der Waals surface area contributed by atoms with Gasteiger partial charge in [0.15, 0.2) is 0 Å². The molecule has 0 bridgehead atoms. The van der Waals surface area contributed by atoms with Gasteiger partial charge < -0.3 is 0 Å². The second kappa shape index (κ2) is 43.2. The van der Waals surface area contributed by atoms with Crippen molar-refractivity contribution in [3.63, 3.8) is 0 Å². The van der Waals surface area contributed by atoms with E-state index in [4.69, 9.17) is 37.9 Å². The molecule has 0 radical (unpaired) electrons. The summed E-state index contributed by atoms with van der Waals surface area (Å²) in [6.07, 6.45) is 16.3. The van der Waals surface area contributed by atoms with Gasteiger partial charge in [-0.25, -0.2) is 0 Å². The van der Waals surface area contributed by atoms with E-state index in [1.165, 1.54) is 114 Å².